The van der Waals surface area contributed by atoms with Gasteiger partial charge in [0.15, 0.2) is 6.39 Å². The summed E-state index contributed by atoms with van der Waals surface area (Å²) >= 11 is 0. The Morgan fingerprint density at radius 2 is 2.11 bits per heavy atom. The fourth-order valence-corrected chi connectivity index (χ4v) is 2.99. The number of hydrogen-bond donors (Lipinski definition) is 3. The summed E-state index contributed by atoms with van der Waals surface area (Å²) in [4.78, 5) is 21.2. The first-order chi connectivity index (χ1) is 13.6. The van der Waals surface area contributed by atoms with Crippen molar-refractivity contribution in [2.45, 2.75) is 26.4 Å². The van der Waals surface area contributed by atoms with Crippen LogP contribution in [0.2, 0.25) is 0 Å². The van der Waals surface area contributed by atoms with Crippen molar-refractivity contribution in [1.82, 2.24) is 25.5 Å². The highest BCUT2D eigenvalue weighted by molar-refractivity contribution is 6.07. The molecule has 0 fully saturated rings. The minimum atomic E-state index is -0.234. The Morgan fingerprint density at radius 1 is 1.21 bits per heavy atom. The van der Waals surface area contributed by atoms with Crippen molar-refractivity contribution in [3.63, 3.8) is 0 Å². The quantitative estimate of drug-likeness (QED) is 0.476. The van der Waals surface area contributed by atoms with Crippen molar-refractivity contribution < 1.29 is 9.21 Å². The molecular weight excluding hydrogens is 356 g/mol. The first-order valence-electron chi connectivity index (χ1n) is 8.96. The van der Waals surface area contributed by atoms with Gasteiger partial charge >= 0.3 is 0 Å². The van der Waals surface area contributed by atoms with E-state index in [1.54, 1.807) is 18.6 Å². The highest BCUT2D eigenvalue weighted by atomic mass is 16.3. The molecule has 28 heavy (non-hydrogen) atoms. The number of fused-ring (bicyclic) bond motifs is 1. The fraction of sp³-hybridized carbons (Fsp3) is 0.200. The maximum absolute atomic E-state index is 12.8. The smallest absolute Gasteiger partial charge is 0.255 e. The summed E-state index contributed by atoms with van der Waals surface area (Å²) in [6.07, 6.45) is 8.10. The lowest BCUT2D eigenvalue weighted by Gasteiger charge is -2.17. The van der Waals surface area contributed by atoms with Gasteiger partial charge in [-0.1, -0.05) is 6.07 Å². The molecule has 3 heterocycles. The summed E-state index contributed by atoms with van der Waals surface area (Å²) in [7, 11) is 0. The minimum absolute atomic E-state index is 0.143. The third-order valence-corrected chi connectivity index (χ3v) is 4.28. The van der Waals surface area contributed by atoms with E-state index in [1.807, 2.05) is 38.2 Å². The number of benzene rings is 1. The summed E-state index contributed by atoms with van der Waals surface area (Å²) in [6, 6.07) is 6.09. The molecule has 0 aliphatic rings. The average molecular weight is 376 g/mol. The van der Waals surface area contributed by atoms with Gasteiger partial charge in [0.2, 0.25) is 0 Å². The van der Waals surface area contributed by atoms with E-state index in [-0.39, 0.29) is 18.5 Å². The van der Waals surface area contributed by atoms with E-state index in [4.69, 9.17) is 4.42 Å². The van der Waals surface area contributed by atoms with Gasteiger partial charge in [-0.15, -0.1) is 0 Å². The number of hydrogen-bond acceptors (Lipinski definition) is 6. The largest absolute Gasteiger partial charge is 0.447 e. The highest BCUT2D eigenvalue weighted by Gasteiger charge is 2.17. The Labute approximate surface area is 161 Å². The third-order valence-electron chi connectivity index (χ3n) is 4.28. The normalized spacial score (nSPS) is 11.1. The Balaban J connectivity index is 1.75. The number of carbonyl (C=O) groups is 1. The zero-order valence-electron chi connectivity index (χ0n) is 15.6. The van der Waals surface area contributed by atoms with Crippen LogP contribution < -0.4 is 10.6 Å². The second-order valence-electron chi connectivity index (χ2n) is 6.72. The molecular formula is C20H20N6O2. The SMILES string of the molecule is CC(C)Nc1c(C(=O)NCc2cnco2)cnc2ccc(-c3cn[nH]c3)cc12. The number of nitrogens with one attached hydrogen (secondary N) is 3. The van der Waals surface area contributed by atoms with Crippen molar-refractivity contribution in [2.75, 3.05) is 5.32 Å². The van der Waals surface area contributed by atoms with Crippen LogP contribution in [0, 0.1) is 0 Å². The number of pyridine rings is 1. The van der Waals surface area contributed by atoms with E-state index in [0.717, 1.165) is 27.7 Å². The fourth-order valence-electron chi connectivity index (χ4n) is 2.99. The van der Waals surface area contributed by atoms with Crippen molar-refractivity contribution >= 4 is 22.5 Å². The maximum atomic E-state index is 12.8. The Bertz CT molecular complexity index is 1090. The predicted octanol–water partition coefficient (Wildman–Crippen LogP) is 3.36. The molecule has 0 aliphatic heterocycles. The van der Waals surface area contributed by atoms with Crippen molar-refractivity contribution in [3.05, 3.63) is 60.7 Å². The molecule has 4 aromatic rings. The van der Waals surface area contributed by atoms with Crippen LogP contribution in [-0.4, -0.2) is 32.1 Å². The molecule has 0 spiro atoms. The standard InChI is InChI=1S/C20H20N6O2/c1-12(2)26-19-16-5-13(14-6-24-25-7-14)3-4-18(16)22-10-17(19)20(27)23-9-15-8-21-11-28-15/h3-8,10-12H,9H2,1-2H3,(H,22,26)(H,23,27)(H,24,25). The van der Waals surface area contributed by atoms with Crippen LogP contribution in [0.1, 0.15) is 30.0 Å². The van der Waals surface area contributed by atoms with Gasteiger partial charge in [0, 0.05) is 29.4 Å². The summed E-state index contributed by atoms with van der Waals surface area (Å²) < 4.78 is 5.18. The van der Waals surface area contributed by atoms with Crippen molar-refractivity contribution in [2.24, 2.45) is 0 Å². The van der Waals surface area contributed by atoms with Gasteiger partial charge in [-0.2, -0.15) is 5.10 Å². The van der Waals surface area contributed by atoms with Gasteiger partial charge in [0.1, 0.15) is 5.76 Å². The molecule has 0 unspecified atom stereocenters. The molecule has 0 aliphatic carbocycles. The molecule has 1 aromatic carbocycles. The van der Waals surface area contributed by atoms with Crippen LogP contribution in [0.5, 0.6) is 0 Å². The van der Waals surface area contributed by atoms with Crippen LogP contribution in [0.4, 0.5) is 5.69 Å². The first kappa shape index (κ1) is 17.7. The molecule has 0 bridgehead atoms. The molecule has 0 saturated heterocycles. The van der Waals surface area contributed by atoms with Crippen molar-refractivity contribution in [1.29, 1.82) is 0 Å². The Kier molecular flexibility index (Phi) is 4.76. The lowest BCUT2D eigenvalue weighted by atomic mass is 10.0. The molecule has 3 aromatic heterocycles. The van der Waals surface area contributed by atoms with Crippen LogP contribution >= 0.6 is 0 Å². The molecule has 4 rings (SSSR count). The lowest BCUT2D eigenvalue weighted by Crippen LogP contribution is -2.25. The van der Waals surface area contributed by atoms with Gasteiger partial charge < -0.3 is 15.1 Å². The monoisotopic (exact) mass is 376 g/mol. The molecule has 0 saturated carbocycles. The Hall–Kier alpha value is -3.68. The molecule has 3 N–H and O–H groups in total. The topological polar surface area (TPSA) is 109 Å². The van der Waals surface area contributed by atoms with E-state index in [2.05, 4.69) is 30.8 Å². The average Bonchev–Trinajstić information content (AvgIpc) is 3.39. The lowest BCUT2D eigenvalue weighted by molar-refractivity contribution is 0.0948. The molecule has 8 heteroatoms. The van der Waals surface area contributed by atoms with E-state index in [1.165, 1.54) is 6.39 Å². The number of carbonyl (C=O) groups excluding carboxylic acids is 1. The molecule has 0 radical (unpaired) electrons. The van der Waals surface area contributed by atoms with Crippen molar-refractivity contribution in [3.8, 4) is 11.1 Å². The van der Waals surface area contributed by atoms with E-state index in [0.29, 0.717) is 11.3 Å². The highest BCUT2D eigenvalue weighted by Crippen LogP contribution is 2.31. The number of anilines is 1. The van der Waals surface area contributed by atoms with Gasteiger partial charge in [0.05, 0.1) is 35.7 Å². The first-order valence-corrected chi connectivity index (χ1v) is 8.96. The van der Waals surface area contributed by atoms with Gasteiger partial charge in [-0.05, 0) is 31.5 Å². The maximum Gasteiger partial charge on any atom is 0.255 e. The van der Waals surface area contributed by atoms with Crippen LogP contribution in [0.25, 0.3) is 22.0 Å². The number of rotatable bonds is 6. The van der Waals surface area contributed by atoms with E-state index >= 15 is 0 Å². The number of amides is 1. The predicted molar refractivity (Wildman–Crippen MR) is 106 cm³/mol. The second kappa shape index (κ2) is 7.51. The zero-order chi connectivity index (χ0) is 19.5. The summed E-state index contributed by atoms with van der Waals surface area (Å²) in [6.45, 7) is 4.32. The number of aromatic amines is 1. The summed E-state index contributed by atoms with van der Waals surface area (Å²) in [5, 5.41) is 14.0. The van der Waals surface area contributed by atoms with Gasteiger partial charge in [-0.25, -0.2) is 4.98 Å². The van der Waals surface area contributed by atoms with Crippen LogP contribution in [-0.2, 0) is 6.54 Å². The second-order valence-corrected chi connectivity index (χ2v) is 6.72. The van der Waals surface area contributed by atoms with E-state index in [9.17, 15) is 4.79 Å². The molecule has 1 amide bonds. The van der Waals surface area contributed by atoms with Crippen LogP contribution in [0.15, 0.2) is 53.8 Å². The van der Waals surface area contributed by atoms with E-state index < -0.39 is 0 Å². The van der Waals surface area contributed by atoms with Gasteiger partial charge in [0.25, 0.3) is 5.91 Å². The number of aromatic nitrogens is 4. The summed E-state index contributed by atoms with van der Waals surface area (Å²) in [5.74, 6) is 0.352. The van der Waals surface area contributed by atoms with Crippen LogP contribution in [0.3, 0.4) is 0 Å². The zero-order valence-corrected chi connectivity index (χ0v) is 15.6. The third kappa shape index (κ3) is 3.57. The minimum Gasteiger partial charge on any atom is -0.447 e. The molecule has 0 atom stereocenters. The number of nitrogens with zero attached hydrogens (tertiary/aromatic N) is 3. The molecule has 142 valence electrons. The Morgan fingerprint density at radius 3 is 2.82 bits per heavy atom. The summed E-state index contributed by atoms with van der Waals surface area (Å²) in [5.41, 5.74) is 4.00. The number of H-pyrrole nitrogens is 1. The number of oxazole rings is 1. The van der Waals surface area contributed by atoms with Gasteiger partial charge in [-0.3, -0.25) is 14.9 Å². The molecule has 8 nitrogen and oxygen atoms in total.